The highest BCUT2D eigenvalue weighted by molar-refractivity contribution is 5.55. The maximum atomic E-state index is 10.5. The van der Waals surface area contributed by atoms with E-state index in [4.69, 9.17) is 4.74 Å². The van der Waals surface area contributed by atoms with E-state index < -0.39 is 0 Å². The Morgan fingerprint density at radius 3 is 2.74 bits per heavy atom. The van der Waals surface area contributed by atoms with Crippen LogP contribution in [0.15, 0.2) is 29.4 Å². The van der Waals surface area contributed by atoms with Gasteiger partial charge in [0.1, 0.15) is 5.69 Å². The lowest BCUT2D eigenvalue weighted by atomic mass is 10.2. The number of nitroso groups, excluding NO2 is 1. The Morgan fingerprint density at radius 1 is 1.26 bits per heavy atom. The second-order valence-electron chi connectivity index (χ2n) is 4.64. The summed E-state index contributed by atoms with van der Waals surface area (Å²) in [7, 11) is 0. The van der Waals surface area contributed by atoms with Crippen molar-refractivity contribution in [3.63, 3.8) is 0 Å². The van der Waals surface area contributed by atoms with Crippen molar-refractivity contribution in [2.45, 2.75) is 6.92 Å². The number of piperazine rings is 1. The first kappa shape index (κ1) is 14.0. The normalized spacial score (nSPS) is 16.6. The average Bonchev–Trinajstić information content (AvgIpc) is 2.48. The molecule has 1 aromatic carbocycles. The van der Waals surface area contributed by atoms with Gasteiger partial charge in [0.2, 0.25) is 0 Å². The number of anilines is 1. The number of hydrogen-bond donors (Lipinski definition) is 0. The van der Waals surface area contributed by atoms with E-state index in [1.807, 2.05) is 25.1 Å². The number of hydrogen-bond acceptors (Lipinski definition) is 5. The van der Waals surface area contributed by atoms with Crippen LogP contribution in [0.1, 0.15) is 6.92 Å². The van der Waals surface area contributed by atoms with E-state index in [-0.39, 0.29) is 0 Å². The zero-order valence-electron chi connectivity index (χ0n) is 11.4. The average molecular weight is 263 g/mol. The molecule has 1 aromatic rings. The quantitative estimate of drug-likeness (QED) is 0.583. The molecule has 0 aromatic heterocycles. The SMILES string of the molecule is CCOCCN1CCN(c2cccc(N=O)c2)CC1. The molecule has 0 aliphatic carbocycles. The van der Waals surface area contributed by atoms with Gasteiger partial charge in [-0.1, -0.05) is 6.07 Å². The molecule has 1 saturated heterocycles. The molecule has 1 fully saturated rings. The molecule has 2 rings (SSSR count). The van der Waals surface area contributed by atoms with Crippen LogP contribution in [0.5, 0.6) is 0 Å². The first-order valence-electron chi connectivity index (χ1n) is 6.82. The van der Waals surface area contributed by atoms with Crippen LogP contribution in [0.2, 0.25) is 0 Å². The van der Waals surface area contributed by atoms with Gasteiger partial charge in [0.15, 0.2) is 0 Å². The molecule has 0 spiro atoms. The van der Waals surface area contributed by atoms with Crippen LogP contribution >= 0.6 is 0 Å². The smallest absolute Gasteiger partial charge is 0.110 e. The molecule has 104 valence electrons. The maximum Gasteiger partial charge on any atom is 0.110 e. The van der Waals surface area contributed by atoms with E-state index in [1.165, 1.54) is 0 Å². The molecule has 5 heteroatoms. The minimum Gasteiger partial charge on any atom is -0.380 e. The summed E-state index contributed by atoms with van der Waals surface area (Å²) in [6.45, 7) is 8.64. The van der Waals surface area contributed by atoms with Gasteiger partial charge in [-0.25, -0.2) is 0 Å². The zero-order chi connectivity index (χ0) is 13.5. The van der Waals surface area contributed by atoms with Gasteiger partial charge in [-0.3, -0.25) is 4.90 Å². The van der Waals surface area contributed by atoms with Crippen LogP contribution in [0.3, 0.4) is 0 Å². The molecular weight excluding hydrogens is 242 g/mol. The molecule has 0 N–H and O–H groups in total. The van der Waals surface area contributed by atoms with Crippen molar-refractivity contribution in [1.29, 1.82) is 0 Å². The minimum atomic E-state index is 0.497. The van der Waals surface area contributed by atoms with Crippen LogP contribution in [-0.2, 0) is 4.74 Å². The third kappa shape index (κ3) is 4.01. The van der Waals surface area contributed by atoms with Gasteiger partial charge in [-0.05, 0) is 30.3 Å². The maximum absolute atomic E-state index is 10.5. The third-order valence-corrected chi connectivity index (χ3v) is 3.43. The van der Waals surface area contributed by atoms with E-state index in [1.54, 1.807) is 6.07 Å². The Hall–Kier alpha value is -1.46. The number of nitrogens with zero attached hydrogens (tertiary/aromatic N) is 3. The second kappa shape index (κ2) is 7.21. The summed E-state index contributed by atoms with van der Waals surface area (Å²) in [5.74, 6) is 0. The van der Waals surface area contributed by atoms with Gasteiger partial charge in [-0.2, -0.15) is 0 Å². The Balaban J connectivity index is 1.83. The summed E-state index contributed by atoms with van der Waals surface area (Å²) in [6.07, 6.45) is 0. The highest BCUT2D eigenvalue weighted by atomic mass is 16.5. The Bertz CT molecular complexity index is 403. The lowest BCUT2D eigenvalue weighted by Crippen LogP contribution is -2.47. The van der Waals surface area contributed by atoms with Crippen molar-refractivity contribution in [1.82, 2.24) is 4.90 Å². The van der Waals surface area contributed by atoms with Gasteiger partial charge in [0.05, 0.1) is 6.61 Å². The van der Waals surface area contributed by atoms with E-state index in [2.05, 4.69) is 15.0 Å². The van der Waals surface area contributed by atoms with E-state index in [0.29, 0.717) is 5.69 Å². The third-order valence-electron chi connectivity index (χ3n) is 3.43. The van der Waals surface area contributed by atoms with Gasteiger partial charge < -0.3 is 9.64 Å². The Labute approximate surface area is 114 Å². The first-order valence-corrected chi connectivity index (χ1v) is 6.82. The van der Waals surface area contributed by atoms with Crippen molar-refractivity contribution in [3.8, 4) is 0 Å². The van der Waals surface area contributed by atoms with Gasteiger partial charge in [0.25, 0.3) is 0 Å². The molecule has 5 nitrogen and oxygen atoms in total. The van der Waals surface area contributed by atoms with Crippen LogP contribution in [-0.4, -0.2) is 50.8 Å². The van der Waals surface area contributed by atoms with Crippen LogP contribution in [0.4, 0.5) is 11.4 Å². The lowest BCUT2D eigenvalue weighted by Gasteiger charge is -2.36. The molecule has 0 radical (unpaired) electrons. The summed E-state index contributed by atoms with van der Waals surface area (Å²) in [4.78, 5) is 15.3. The van der Waals surface area contributed by atoms with Crippen LogP contribution in [0, 0.1) is 4.91 Å². The number of ether oxygens (including phenoxy) is 1. The lowest BCUT2D eigenvalue weighted by molar-refractivity contribution is 0.111. The first-order chi connectivity index (χ1) is 9.33. The van der Waals surface area contributed by atoms with E-state index in [9.17, 15) is 4.91 Å². The molecule has 0 atom stereocenters. The molecule has 19 heavy (non-hydrogen) atoms. The fourth-order valence-corrected chi connectivity index (χ4v) is 2.31. The molecule has 0 saturated carbocycles. The van der Waals surface area contributed by atoms with Crippen molar-refractivity contribution in [3.05, 3.63) is 29.2 Å². The van der Waals surface area contributed by atoms with Gasteiger partial charge in [-0.15, -0.1) is 4.91 Å². The van der Waals surface area contributed by atoms with Gasteiger partial charge >= 0.3 is 0 Å². The van der Waals surface area contributed by atoms with Crippen LogP contribution < -0.4 is 4.90 Å². The van der Waals surface area contributed by atoms with Crippen molar-refractivity contribution in [2.75, 3.05) is 50.8 Å². The number of rotatable bonds is 6. The summed E-state index contributed by atoms with van der Waals surface area (Å²) in [5, 5.41) is 2.99. The number of benzene rings is 1. The molecule has 0 unspecified atom stereocenters. The molecule has 1 aliphatic heterocycles. The molecule has 1 heterocycles. The molecule has 0 bridgehead atoms. The largest absolute Gasteiger partial charge is 0.380 e. The van der Waals surface area contributed by atoms with Gasteiger partial charge in [0, 0.05) is 45.0 Å². The summed E-state index contributed by atoms with van der Waals surface area (Å²) in [6, 6.07) is 7.50. The fourth-order valence-electron chi connectivity index (χ4n) is 2.31. The topological polar surface area (TPSA) is 45.1 Å². The molecular formula is C14H21N3O2. The summed E-state index contributed by atoms with van der Waals surface area (Å²) in [5.41, 5.74) is 1.58. The summed E-state index contributed by atoms with van der Waals surface area (Å²) < 4.78 is 5.38. The van der Waals surface area contributed by atoms with Crippen LogP contribution in [0.25, 0.3) is 0 Å². The van der Waals surface area contributed by atoms with E-state index >= 15 is 0 Å². The Morgan fingerprint density at radius 2 is 2.05 bits per heavy atom. The highest BCUT2D eigenvalue weighted by Crippen LogP contribution is 2.22. The fraction of sp³-hybridized carbons (Fsp3) is 0.571. The molecule has 0 amide bonds. The minimum absolute atomic E-state index is 0.497. The van der Waals surface area contributed by atoms with Crippen molar-refractivity contribution < 1.29 is 4.74 Å². The molecule has 1 aliphatic rings. The zero-order valence-corrected chi connectivity index (χ0v) is 11.4. The standard InChI is InChI=1S/C14H21N3O2/c1-2-19-11-10-16-6-8-17(9-7-16)14-5-3-4-13(12-14)15-18/h3-5,12H,2,6-11H2,1H3. The second-order valence-corrected chi connectivity index (χ2v) is 4.64. The van der Waals surface area contributed by atoms with Crippen molar-refractivity contribution >= 4 is 11.4 Å². The summed E-state index contributed by atoms with van der Waals surface area (Å²) >= 11 is 0. The highest BCUT2D eigenvalue weighted by Gasteiger charge is 2.16. The van der Waals surface area contributed by atoms with E-state index in [0.717, 1.165) is 51.6 Å². The van der Waals surface area contributed by atoms with Crippen molar-refractivity contribution in [2.24, 2.45) is 5.18 Å². The predicted molar refractivity (Wildman–Crippen MR) is 77.0 cm³/mol. The predicted octanol–water partition coefficient (Wildman–Crippen LogP) is 2.24. The monoisotopic (exact) mass is 263 g/mol. The Kier molecular flexibility index (Phi) is 5.30.